The summed E-state index contributed by atoms with van der Waals surface area (Å²) in [4.78, 5) is 12.2. The van der Waals surface area contributed by atoms with Crippen molar-refractivity contribution in [3.63, 3.8) is 0 Å². The predicted molar refractivity (Wildman–Crippen MR) is 250 cm³/mol. The van der Waals surface area contributed by atoms with Crippen LogP contribution in [0.4, 0.5) is 0 Å². The van der Waals surface area contributed by atoms with Crippen molar-refractivity contribution in [2.45, 2.75) is 212 Å². The van der Waals surface area contributed by atoms with Crippen LogP contribution in [0.5, 0.6) is 0 Å². The van der Waals surface area contributed by atoms with E-state index in [0.29, 0.717) is 25.6 Å². The summed E-state index contributed by atoms with van der Waals surface area (Å²) in [5, 5.41) is 0.161. The second kappa shape index (κ2) is 20.9. The average Bonchev–Trinajstić information content (AvgIpc) is 3.66. The van der Waals surface area contributed by atoms with E-state index in [9.17, 15) is 4.79 Å². The van der Waals surface area contributed by atoms with Crippen molar-refractivity contribution < 1.29 is 37.3 Å². The van der Waals surface area contributed by atoms with E-state index < -0.39 is 22.0 Å². The Hall–Kier alpha value is -1.64. The van der Waals surface area contributed by atoms with Crippen LogP contribution in [-0.2, 0) is 43.8 Å². The van der Waals surface area contributed by atoms with Gasteiger partial charge in [0.25, 0.3) is 0 Å². The van der Waals surface area contributed by atoms with Gasteiger partial charge >= 0.3 is 5.97 Å². The van der Waals surface area contributed by atoms with Crippen molar-refractivity contribution in [1.29, 1.82) is 0 Å². The molecule has 0 radical (unpaired) electrons. The summed E-state index contributed by atoms with van der Waals surface area (Å²) in [7, 11) is -2.32. The second-order valence-corrected chi connectivity index (χ2v) is 32.0. The van der Waals surface area contributed by atoms with Crippen LogP contribution in [0.25, 0.3) is 0 Å². The van der Waals surface area contributed by atoms with Crippen molar-refractivity contribution >= 4 is 22.6 Å². The standard InChI is InChI=1S/C50H86O8Si2/c1-34-28-39(25-26-42-35(2)29-38(55-42)24-21-27-53-47(51)48(4,5)6)56-43(36(34)3)32-44-41(30-37-22-19-18-20-23-37)46(52-13)45(57-44)31-40(58-60(16,17)50(10,11)12)33-54-59(14,15)49(7,8)9/h18-20,22-23,34,38-46H,2-3,21,24-33H2,1,4-17H3/t34-,38+,39?,40+,41+,42+,43?,44+,45-,46-/m1/s1. The van der Waals surface area contributed by atoms with Crippen LogP contribution in [0.15, 0.2) is 54.6 Å². The lowest BCUT2D eigenvalue weighted by molar-refractivity contribution is -0.153. The molecule has 0 bridgehead atoms. The predicted octanol–water partition coefficient (Wildman–Crippen LogP) is 12.0. The molecule has 0 aromatic heterocycles. The summed E-state index contributed by atoms with van der Waals surface area (Å²) in [5.41, 5.74) is 3.10. The van der Waals surface area contributed by atoms with Gasteiger partial charge in [0.1, 0.15) is 0 Å². The lowest BCUT2D eigenvalue weighted by Gasteiger charge is -2.42. The first-order valence-electron chi connectivity index (χ1n) is 23.1. The third-order valence-corrected chi connectivity index (χ3v) is 23.5. The van der Waals surface area contributed by atoms with E-state index in [1.165, 1.54) is 5.56 Å². The fraction of sp³-hybridized carbons (Fsp3) is 0.780. The van der Waals surface area contributed by atoms with Crippen LogP contribution in [-0.4, -0.2) is 91.8 Å². The number of esters is 1. The highest BCUT2D eigenvalue weighted by atomic mass is 28.4. The van der Waals surface area contributed by atoms with Crippen LogP contribution < -0.4 is 0 Å². The monoisotopic (exact) mass is 871 g/mol. The van der Waals surface area contributed by atoms with Gasteiger partial charge in [-0.25, -0.2) is 0 Å². The van der Waals surface area contributed by atoms with Gasteiger partial charge in [0.05, 0.1) is 67.5 Å². The van der Waals surface area contributed by atoms with Crippen molar-refractivity contribution in [3.05, 3.63) is 60.2 Å². The van der Waals surface area contributed by atoms with Gasteiger partial charge < -0.3 is 32.5 Å². The summed E-state index contributed by atoms with van der Waals surface area (Å²) in [5.74, 6) is 0.309. The molecule has 0 amide bonds. The quantitative estimate of drug-likeness (QED) is 0.0588. The SMILES string of the molecule is C=C1C(C[C@@H]2O[C@H](C[C@@H](CO[Si](C)(C)C(C)(C)C)O[Si](C)(C)C(C)(C)C)[C@H](OC)[C@H]2Cc2ccccc2)OC(CC[C@@H]2O[C@@H](CCCOC(=O)C(C)(C)C)CC2=C)C[C@H]1C. The molecule has 3 aliphatic heterocycles. The van der Waals surface area contributed by atoms with E-state index in [1.807, 2.05) is 27.9 Å². The number of rotatable bonds is 19. The van der Waals surface area contributed by atoms with E-state index in [0.717, 1.165) is 62.5 Å². The molecular weight excluding hydrogens is 785 g/mol. The van der Waals surface area contributed by atoms with Crippen molar-refractivity contribution in [2.24, 2.45) is 17.3 Å². The first-order chi connectivity index (χ1) is 27.7. The zero-order valence-electron chi connectivity index (χ0n) is 40.6. The molecule has 0 aliphatic carbocycles. The van der Waals surface area contributed by atoms with Gasteiger partial charge in [0.2, 0.25) is 0 Å². The zero-order chi connectivity index (χ0) is 44.8. The number of hydrogen-bond donors (Lipinski definition) is 0. The maximum absolute atomic E-state index is 12.2. The van der Waals surface area contributed by atoms with E-state index in [4.69, 9.17) is 32.5 Å². The fourth-order valence-corrected chi connectivity index (χ4v) is 10.8. The van der Waals surface area contributed by atoms with Crippen molar-refractivity contribution in [1.82, 2.24) is 0 Å². The van der Waals surface area contributed by atoms with E-state index >= 15 is 0 Å². The molecule has 342 valence electrons. The number of benzene rings is 1. The first kappa shape index (κ1) is 51.0. The minimum atomic E-state index is -2.14. The Bertz CT molecular complexity index is 1540. The number of ether oxygens (including phenoxy) is 5. The maximum atomic E-state index is 12.2. The van der Waals surface area contributed by atoms with E-state index in [2.05, 4.69) is 118 Å². The molecule has 10 heteroatoms. The Morgan fingerprint density at radius 1 is 0.833 bits per heavy atom. The van der Waals surface area contributed by atoms with Gasteiger partial charge in [0.15, 0.2) is 16.6 Å². The Morgan fingerprint density at radius 2 is 1.47 bits per heavy atom. The largest absolute Gasteiger partial charge is 0.465 e. The van der Waals surface area contributed by atoms with Gasteiger partial charge in [-0.15, -0.1) is 0 Å². The normalized spacial score (nSPS) is 28.9. The van der Waals surface area contributed by atoms with Crippen LogP contribution in [0, 0.1) is 17.3 Å². The summed E-state index contributed by atoms with van der Waals surface area (Å²) in [6, 6.07) is 10.7. The van der Waals surface area contributed by atoms with E-state index in [1.54, 1.807) is 0 Å². The molecule has 8 nitrogen and oxygen atoms in total. The third-order valence-electron chi connectivity index (χ3n) is 14.4. The minimum Gasteiger partial charge on any atom is -0.465 e. The highest BCUT2D eigenvalue weighted by molar-refractivity contribution is 6.74. The summed E-state index contributed by atoms with van der Waals surface area (Å²) in [6.45, 7) is 41.0. The molecule has 3 aliphatic rings. The van der Waals surface area contributed by atoms with Crippen molar-refractivity contribution in [3.8, 4) is 0 Å². The molecule has 1 aromatic carbocycles. The van der Waals surface area contributed by atoms with E-state index in [-0.39, 0.29) is 70.8 Å². The molecule has 1 aromatic rings. The molecule has 2 unspecified atom stereocenters. The number of carbonyl (C=O) groups excluding carboxylic acids is 1. The summed E-state index contributed by atoms with van der Waals surface area (Å²) in [6.07, 6.45) is 7.18. The zero-order valence-corrected chi connectivity index (χ0v) is 42.6. The molecule has 4 rings (SSSR count). The molecule has 60 heavy (non-hydrogen) atoms. The molecule has 0 N–H and O–H groups in total. The number of hydrogen-bond acceptors (Lipinski definition) is 8. The first-order valence-corrected chi connectivity index (χ1v) is 28.9. The van der Waals surface area contributed by atoms with Gasteiger partial charge in [-0.3, -0.25) is 4.79 Å². The molecule has 3 saturated heterocycles. The van der Waals surface area contributed by atoms with Crippen LogP contribution in [0.1, 0.15) is 126 Å². The summed E-state index contributed by atoms with van der Waals surface area (Å²) < 4.78 is 46.8. The minimum absolute atomic E-state index is 0.0216. The van der Waals surface area contributed by atoms with Crippen LogP contribution in [0.3, 0.4) is 0 Å². The third kappa shape index (κ3) is 13.9. The highest BCUT2D eigenvalue weighted by Crippen LogP contribution is 2.44. The maximum Gasteiger partial charge on any atom is 0.311 e. The smallest absolute Gasteiger partial charge is 0.311 e. The van der Waals surface area contributed by atoms with Gasteiger partial charge in [-0.1, -0.05) is 92.0 Å². The lowest BCUT2D eigenvalue weighted by atomic mass is 9.81. The van der Waals surface area contributed by atoms with Gasteiger partial charge in [0, 0.05) is 25.9 Å². The Labute approximate surface area is 368 Å². The number of methoxy groups -OCH3 is 1. The Morgan fingerprint density at radius 3 is 2.07 bits per heavy atom. The lowest BCUT2D eigenvalue weighted by Crippen LogP contribution is -2.49. The molecule has 3 fully saturated rings. The molecule has 10 atom stereocenters. The van der Waals surface area contributed by atoms with Gasteiger partial charge in [-0.05, 0) is 125 Å². The Kier molecular flexibility index (Phi) is 17.8. The summed E-state index contributed by atoms with van der Waals surface area (Å²) >= 11 is 0. The molecule has 0 spiro atoms. The molecule has 3 heterocycles. The molecule has 0 saturated carbocycles. The van der Waals surface area contributed by atoms with Crippen LogP contribution >= 0.6 is 0 Å². The van der Waals surface area contributed by atoms with Crippen LogP contribution in [0.2, 0.25) is 36.3 Å². The molecular formula is C50H86O8Si2. The van der Waals surface area contributed by atoms with Gasteiger partial charge in [-0.2, -0.15) is 0 Å². The Balaban J connectivity index is 1.46. The number of carbonyl (C=O) groups is 1. The highest BCUT2D eigenvalue weighted by Gasteiger charge is 2.49. The fourth-order valence-electron chi connectivity index (χ4n) is 8.41. The van der Waals surface area contributed by atoms with Crippen molar-refractivity contribution in [2.75, 3.05) is 20.3 Å². The topological polar surface area (TPSA) is 81.7 Å². The average molecular weight is 871 g/mol. The second-order valence-electron chi connectivity index (χ2n) is 22.5.